The van der Waals surface area contributed by atoms with E-state index in [1.807, 2.05) is 128 Å². The molecule has 8 heteroatoms. The smallest absolute Gasteiger partial charge is 0.207 e. The maximum Gasteiger partial charge on any atom is 0.207 e. The first-order valence-electron chi connectivity index (χ1n) is 34.7. The van der Waals surface area contributed by atoms with Gasteiger partial charge in [-0.3, -0.25) is 4.98 Å². The fourth-order valence-electron chi connectivity index (χ4n) is 16.8. The third-order valence-corrected chi connectivity index (χ3v) is 26.1. The van der Waals surface area contributed by atoms with Crippen molar-refractivity contribution in [2.24, 2.45) is 0 Å². The van der Waals surface area contributed by atoms with Gasteiger partial charge < -0.3 is 4.57 Å². The van der Waals surface area contributed by atoms with Crippen LogP contribution in [0.1, 0.15) is 0 Å². The van der Waals surface area contributed by atoms with Crippen LogP contribution in [-0.4, -0.2) is 23.4 Å². The minimum atomic E-state index is -3.88. The lowest BCUT2D eigenvalue weighted by Gasteiger charge is -2.26. The summed E-state index contributed by atoms with van der Waals surface area (Å²) in [6.07, 6.45) is 1.88. The van der Waals surface area contributed by atoms with Crippen LogP contribution in [0.15, 0.2) is 362 Å². The molecule has 0 radical (unpaired) electrons. The van der Waals surface area contributed by atoms with Crippen LogP contribution in [0.5, 0.6) is 0 Å². The summed E-state index contributed by atoms with van der Waals surface area (Å²) in [5.74, 6) is 0. The maximum atomic E-state index is 16.3. The van der Waals surface area contributed by atoms with E-state index in [1.165, 1.54) is 21.5 Å². The second kappa shape index (κ2) is 23.7. The Kier molecular flexibility index (Phi) is 13.8. The van der Waals surface area contributed by atoms with Gasteiger partial charge in [-0.1, -0.05) is 315 Å². The van der Waals surface area contributed by atoms with E-state index in [9.17, 15) is 8.42 Å². The van der Waals surface area contributed by atoms with Crippen LogP contribution >= 0.6 is 7.14 Å². The number of nitrogens with zero attached hydrogens (tertiary/aromatic N) is 3. The highest BCUT2D eigenvalue weighted by Gasteiger charge is 2.36. The molecule has 482 valence electrons. The molecule has 0 atom stereocenters. The van der Waals surface area contributed by atoms with E-state index in [-0.39, 0.29) is 4.90 Å². The Bertz CT molecular complexity index is 7190. The highest BCUT2D eigenvalue weighted by atomic mass is 32.2. The molecular formula is C95H58N3O3PS. The van der Waals surface area contributed by atoms with Gasteiger partial charge in [0, 0.05) is 81.7 Å². The molecule has 3 aromatic heterocycles. The Hall–Kier alpha value is -12.8. The Morgan fingerprint density at radius 2 is 0.583 bits per heavy atom. The molecule has 0 aliphatic heterocycles. The van der Waals surface area contributed by atoms with E-state index in [2.05, 4.69) is 200 Å². The van der Waals surface area contributed by atoms with Crippen molar-refractivity contribution < 1.29 is 13.0 Å². The maximum absolute atomic E-state index is 16.3. The predicted molar refractivity (Wildman–Crippen MR) is 434 cm³/mol. The zero-order chi connectivity index (χ0) is 68.5. The van der Waals surface area contributed by atoms with Gasteiger partial charge in [-0.25, -0.2) is 18.4 Å². The molecule has 0 N–H and O–H groups in total. The fourth-order valence-corrected chi connectivity index (χ4v) is 21.6. The normalized spacial score (nSPS) is 12.2. The van der Waals surface area contributed by atoms with Crippen LogP contribution in [0.3, 0.4) is 0 Å². The molecule has 0 aliphatic rings. The van der Waals surface area contributed by atoms with Crippen molar-refractivity contribution >= 4 is 184 Å². The molecule has 0 amide bonds. The van der Waals surface area contributed by atoms with E-state index >= 15 is 4.57 Å². The predicted octanol–water partition coefficient (Wildman–Crippen LogP) is 23.5. The van der Waals surface area contributed by atoms with Crippen molar-refractivity contribution in [1.29, 1.82) is 0 Å². The lowest BCUT2D eigenvalue weighted by atomic mass is 9.86. The zero-order valence-corrected chi connectivity index (χ0v) is 57.1. The van der Waals surface area contributed by atoms with Gasteiger partial charge in [0.1, 0.15) is 0 Å². The second-order valence-electron chi connectivity index (χ2n) is 26.5. The molecule has 18 aromatic carbocycles. The largest absolute Gasteiger partial charge is 0.309 e. The first-order chi connectivity index (χ1) is 50.8. The molecule has 0 spiro atoms. The molecule has 21 rings (SSSR count). The summed E-state index contributed by atoms with van der Waals surface area (Å²) < 4.78 is 45.4. The summed E-state index contributed by atoms with van der Waals surface area (Å²) in [5, 5.41) is 28.8. The Labute approximate surface area is 592 Å². The summed E-state index contributed by atoms with van der Waals surface area (Å²) in [7, 11) is -7.27. The minimum absolute atomic E-state index is 0.275. The van der Waals surface area contributed by atoms with Crippen molar-refractivity contribution in [3.8, 4) is 22.5 Å². The molecule has 0 fully saturated rings. The lowest BCUT2D eigenvalue weighted by molar-refractivity contribution is 0.592. The number of aromatic nitrogens is 3. The molecule has 0 saturated heterocycles. The van der Waals surface area contributed by atoms with Crippen LogP contribution in [0.25, 0.3) is 174 Å². The zero-order valence-electron chi connectivity index (χ0n) is 55.4. The third-order valence-electron chi connectivity index (χ3n) is 21.1. The number of pyridine rings is 3. The minimum Gasteiger partial charge on any atom is -0.309 e. The molecule has 103 heavy (non-hydrogen) atoms. The summed E-state index contributed by atoms with van der Waals surface area (Å²) in [6, 6.07) is 117. The average Bonchev–Trinajstić information content (AvgIpc) is 0.702. The van der Waals surface area contributed by atoms with Gasteiger partial charge in [0.05, 0.1) is 37.7 Å². The highest BCUT2D eigenvalue weighted by Crippen LogP contribution is 2.53. The fraction of sp³-hybridized carbons (Fsp3) is 0. The second-order valence-corrected chi connectivity index (χ2v) is 31.1. The molecule has 0 aliphatic carbocycles. The molecular weight excluding hydrogens is 1290 g/mol. The number of hydrogen-bond acceptors (Lipinski definition) is 6. The van der Waals surface area contributed by atoms with Crippen molar-refractivity contribution in [3.63, 3.8) is 0 Å². The van der Waals surface area contributed by atoms with Crippen LogP contribution in [-0.2, 0) is 14.4 Å². The van der Waals surface area contributed by atoms with Gasteiger partial charge >= 0.3 is 0 Å². The van der Waals surface area contributed by atoms with Crippen LogP contribution in [0, 0.1) is 0 Å². The molecule has 0 bridgehead atoms. The van der Waals surface area contributed by atoms with Crippen LogP contribution in [0.4, 0.5) is 0 Å². The van der Waals surface area contributed by atoms with Gasteiger partial charge in [-0.2, -0.15) is 0 Å². The van der Waals surface area contributed by atoms with E-state index in [4.69, 9.17) is 15.0 Å². The van der Waals surface area contributed by atoms with Crippen molar-refractivity contribution in [2.45, 2.75) is 9.79 Å². The monoisotopic (exact) mass is 1350 g/mol. The van der Waals surface area contributed by atoms with Gasteiger partial charge in [-0.15, -0.1) is 0 Å². The van der Waals surface area contributed by atoms with Crippen LogP contribution < -0.4 is 15.9 Å². The summed E-state index contributed by atoms with van der Waals surface area (Å²) >= 11 is 0. The number of hydrogen-bond donors (Lipinski definition) is 0. The van der Waals surface area contributed by atoms with Crippen molar-refractivity contribution in [3.05, 3.63) is 352 Å². The first kappa shape index (κ1) is 60.2. The van der Waals surface area contributed by atoms with Crippen molar-refractivity contribution in [1.82, 2.24) is 15.0 Å². The molecule has 0 saturated carbocycles. The van der Waals surface area contributed by atoms with Gasteiger partial charge in [-0.05, 0) is 117 Å². The number of sulfone groups is 1. The standard InChI is InChI=1S/C50H31N2OP.C45H27NO2S/c53-54(33-17-3-1-4-18-33,34-19-5-2-6-20-34)50-41-27-13-11-25-39(41)44(40-26-12-14-28-42(40)50)49-46-38-24-10-8-22-36(38)35-21-7-9-23-37(35)45(46)47-43(52-49)30-29-32-16-15-31-51-48(32)47;47-49(48,29-15-2-1-3-16-29)45-37-24-12-10-22-35(37)40(36-23-11-13-25-38(36)45)44-43-34-21-9-7-19-32(34)31-18-6-8-20-33(31)42(43)41-30-17-5-4-14-28(30)26-27-39(41)46-44/h1-31H;1-27H. The topological polar surface area (TPSA) is 89.9 Å². The van der Waals surface area contributed by atoms with Crippen LogP contribution in [0.2, 0.25) is 0 Å². The quantitative estimate of drug-likeness (QED) is 0.0897. The lowest BCUT2D eigenvalue weighted by Crippen LogP contribution is -2.26. The average molecular weight is 1350 g/mol. The highest BCUT2D eigenvalue weighted by molar-refractivity contribution is 7.92. The van der Waals surface area contributed by atoms with E-state index in [1.54, 1.807) is 24.3 Å². The van der Waals surface area contributed by atoms with Gasteiger partial charge in [0.25, 0.3) is 0 Å². The Balaban J connectivity index is 0.000000138. The number of benzene rings is 18. The summed E-state index contributed by atoms with van der Waals surface area (Å²) in [4.78, 5) is 16.8. The van der Waals surface area contributed by atoms with Gasteiger partial charge in [0.15, 0.2) is 7.14 Å². The Morgan fingerprint density at radius 1 is 0.252 bits per heavy atom. The molecule has 0 unspecified atom stereocenters. The van der Waals surface area contributed by atoms with E-state index in [0.717, 1.165) is 157 Å². The molecule has 3 heterocycles. The number of fused-ring (bicyclic) bond motifs is 24. The van der Waals surface area contributed by atoms with E-state index < -0.39 is 17.0 Å². The summed E-state index contributed by atoms with van der Waals surface area (Å²) in [6.45, 7) is 0. The van der Waals surface area contributed by atoms with Crippen molar-refractivity contribution in [2.75, 3.05) is 0 Å². The van der Waals surface area contributed by atoms with Gasteiger partial charge in [0.2, 0.25) is 9.84 Å². The molecule has 21 aromatic rings. The Morgan fingerprint density at radius 3 is 1.05 bits per heavy atom. The third kappa shape index (κ3) is 9.09. The molecule has 6 nitrogen and oxygen atoms in total. The SMILES string of the molecule is O=P(c1ccccc1)(c1ccccc1)c1c2ccccc2c(-c2nc3ccc4cccnc4c3c3c4ccccc4c4ccccc4c23)c2ccccc12.O=S(=O)(c1ccccc1)c1c2ccccc2c(-c2nc3ccc4ccccc4c3c3c4ccccc4c4ccccc4c23)c2ccccc12. The number of rotatable bonds is 7. The van der Waals surface area contributed by atoms with E-state index in [0.29, 0.717) is 15.7 Å². The first-order valence-corrected chi connectivity index (χ1v) is 37.9. The summed E-state index contributed by atoms with van der Waals surface area (Å²) in [5.41, 5.74) is 6.44.